The summed E-state index contributed by atoms with van der Waals surface area (Å²) in [7, 11) is 1.81. The molecular formula is C11H22N2OS. The number of nitrogens with one attached hydrogen (secondary N) is 1. The van der Waals surface area contributed by atoms with Crippen molar-refractivity contribution in [3.8, 4) is 6.07 Å². The van der Waals surface area contributed by atoms with Gasteiger partial charge in [-0.2, -0.15) is 17.0 Å². The van der Waals surface area contributed by atoms with E-state index in [1.165, 1.54) is 0 Å². The quantitative estimate of drug-likeness (QED) is 0.655. The highest BCUT2D eigenvalue weighted by molar-refractivity contribution is 7.99. The van der Waals surface area contributed by atoms with Gasteiger partial charge in [-0.15, -0.1) is 0 Å². The predicted octanol–water partition coefficient (Wildman–Crippen LogP) is 1.77. The van der Waals surface area contributed by atoms with Crippen LogP contribution in [0.2, 0.25) is 0 Å². The van der Waals surface area contributed by atoms with Crippen molar-refractivity contribution in [3.63, 3.8) is 0 Å². The Labute approximate surface area is 97.2 Å². The summed E-state index contributed by atoms with van der Waals surface area (Å²) in [4.78, 5) is 0. The van der Waals surface area contributed by atoms with Crippen LogP contribution in [0.3, 0.4) is 0 Å². The largest absolute Gasteiger partial charge is 0.392 e. The zero-order chi connectivity index (χ0) is 11.9. The Morgan fingerprint density at radius 3 is 2.53 bits per heavy atom. The van der Waals surface area contributed by atoms with Crippen LogP contribution in [-0.2, 0) is 0 Å². The number of thioether (sulfide) groups is 1. The lowest BCUT2D eigenvalue weighted by molar-refractivity contribution is 0.196. The van der Waals surface area contributed by atoms with E-state index >= 15 is 0 Å². The van der Waals surface area contributed by atoms with Crippen molar-refractivity contribution < 1.29 is 5.11 Å². The predicted molar refractivity (Wildman–Crippen MR) is 65.9 cm³/mol. The number of nitriles is 1. The molecule has 0 rings (SSSR count). The number of aliphatic hydroxyl groups excluding tert-OH is 1. The molecule has 0 bridgehead atoms. The minimum atomic E-state index is -0.408. The molecule has 15 heavy (non-hydrogen) atoms. The van der Waals surface area contributed by atoms with E-state index in [4.69, 9.17) is 5.26 Å². The smallest absolute Gasteiger partial charge is 0.103 e. The van der Waals surface area contributed by atoms with E-state index in [1.54, 1.807) is 11.8 Å². The van der Waals surface area contributed by atoms with Crippen molar-refractivity contribution in [2.24, 2.45) is 0 Å². The Hall–Kier alpha value is -0.240. The van der Waals surface area contributed by atoms with Crippen LogP contribution in [0.15, 0.2) is 0 Å². The average molecular weight is 230 g/mol. The van der Waals surface area contributed by atoms with E-state index in [0.717, 1.165) is 18.6 Å². The lowest BCUT2D eigenvalue weighted by Crippen LogP contribution is -2.38. The van der Waals surface area contributed by atoms with E-state index in [2.05, 4.69) is 11.4 Å². The van der Waals surface area contributed by atoms with Crippen LogP contribution in [0.4, 0.5) is 0 Å². The summed E-state index contributed by atoms with van der Waals surface area (Å²) in [6.07, 6.45) is 1.58. The number of rotatable bonds is 7. The summed E-state index contributed by atoms with van der Waals surface area (Å²) in [6, 6.07) is 2.27. The van der Waals surface area contributed by atoms with Crippen molar-refractivity contribution in [1.82, 2.24) is 5.32 Å². The zero-order valence-electron chi connectivity index (χ0n) is 10.1. The monoisotopic (exact) mass is 230 g/mol. The van der Waals surface area contributed by atoms with Gasteiger partial charge in [0.1, 0.15) is 5.54 Å². The first-order valence-electron chi connectivity index (χ1n) is 5.35. The van der Waals surface area contributed by atoms with E-state index < -0.39 is 5.54 Å². The second-order valence-electron chi connectivity index (χ2n) is 4.11. The van der Waals surface area contributed by atoms with Gasteiger partial charge in [0, 0.05) is 5.25 Å². The van der Waals surface area contributed by atoms with Crippen LogP contribution in [-0.4, -0.2) is 34.8 Å². The van der Waals surface area contributed by atoms with Crippen molar-refractivity contribution >= 4 is 11.8 Å². The molecule has 4 heteroatoms. The summed E-state index contributed by atoms with van der Waals surface area (Å²) < 4.78 is 0. The molecule has 0 aromatic carbocycles. The van der Waals surface area contributed by atoms with Gasteiger partial charge in [0.25, 0.3) is 0 Å². The van der Waals surface area contributed by atoms with Gasteiger partial charge in [0.05, 0.1) is 12.2 Å². The van der Waals surface area contributed by atoms with Gasteiger partial charge in [0.2, 0.25) is 0 Å². The molecule has 3 unspecified atom stereocenters. The van der Waals surface area contributed by atoms with Gasteiger partial charge in [-0.25, -0.2) is 0 Å². The Morgan fingerprint density at radius 2 is 2.13 bits per heavy atom. The second kappa shape index (κ2) is 7.10. The Balaban J connectivity index is 3.68. The third kappa shape index (κ3) is 6.03. The summed E-state index contributed by atoms with van der Waals surface area (Å²) in [5.74, 6) is 0.991. The van der Waals surface area contributed by atoms with Gasteiger partial charge >= 0.3 is 0 Å². The first kappa shape index (κ1) is 14.8. The third-order valence-corrected chi connectivity index (χ3v) is 4.12. The van der Waals surface area contributed by atoms with Crippen LogP contribution < -0.4 is 5.32 Å². The molecule has 88 valence electrons. The molecule has 0 fully saturated rings. The second-order valence-corrected chi connectivity index (χ2v) is 5.60. The molecule has 3 nitrogen and oxygen atoms in total. The van der Waals surface area contributed by atoms with Crippen LogP contribution in [0.25, 0.3) is 0 Å². The van der Waals surface area contributed by atoms with Crippen LogP contribution in [0.5, 0.6) is 0 Å². The Morgan fingerprint density at radius 1 is 1.53 bits per heavy atom. The van der Waals surface area contributed by atoms with E-state index in [-0.39, 0.29) is 11.4 Å². The lowest BCUT2D eigenvalue weighted by atomic mass is 9.99. The molecule has 2 N–H and O–H groups in total. The zero-order valence-corrected chi connectivity index (χ0v) is 10.9. The number of hydrogen-bond donors (Lipinski definition) is 2. The van der Waals surface area contributed by atoms with E-state index in [0.29, 0.717) is 0 Å². The fraction of sp³-hybridized carbons (Fsp3) is 0.909. The van der Waals surface area contributed by atoms with Gasteiger partial charge in [-0.05, 0) is 39.5 Å². The minimum Gasteiger partial charge on any atom is -0.392 e. The van der Waals surface area contributed by atoms with Crippen LogP contribution in [0, 0.1) is 11.3 Å². The molecule has 0 spiro atoms. The molecular weight excluding hydrogens is 208 g/mol. The molecule has 0 aliphatic carbocycles. The highest BCUT2D eigenvalue weighted by Crippen LogP contribution is 2.18. The van der Waals surface area contributed by atoms with Crippen molar-refractivity contribution in [2.45, 2.75) is 50.5 Å². The van der Waals surface area contributed by atoms with Crippen molar-refractivity contribution in [2.75, 3.05) is 12.8 Å². The highest BCUT2D eigenvalue weighted by atomic mass is 32.2. The Bertz CT molecular complexity index is 215. The van der Waals surface area contributed by atoms with Gasteiger partial charge in [-0.3, -0.25) is 0 Å². The molecule has 0 radical (unpaired) electrons. The van der Waals surface area contributed by atoms with Crippen LogP contribution in [0.1, 0.15) is 33.6 Å². The van der Waals surface area contributed by atoms with Crippen molar-refractivity contribution in [3.05, 3.63) is 0 Å². The number of hydrogen-bond acceptors (Lipinski definition) is 4. The summed E-state index contributed by atoms with van der Waals surface area (Å²) in [5.41, 5.74) is -0.408. The van der Waals surface area contributed by atoms with Crippen LogP contribution >= 0.6 is 11.8 Å². The molecule has 0 saturated heterocycles. The normalized spacial score (nSPS) is 18.9. The summed E-state index contributed by atoms with van der Waals surface area (Å²) >= 11 is 1.76. The first-order valence-corrected chi connectivity index (χ1v) is 6.40. The molecule has 0 aromatic heterocycles. The standard InChI is InChI=1S/C11H22N2OS/c1-9(14)10(2)15-7-5-6-11(3,8-12)13-4/h9-10,13-14H,5-7H2,1-4H3. The molecule has 0 amide bonds. The number of nitrogens with zero attached hydrogens (tertiary/aromatic N) is 1. The SMILES string of the molecule is CNC(C)(C#N)CCCSC(C)C(C)O. The van der Waals surface area contributed by atoms with Gasteiger partial charge < -0.3 is 10.4 Å². The molecule has 0 aliphatic rings. The van der Waals surface area contributed by atoms with Gasteiger partial charge in [-0.1, -0.05) is 6.92 Å². The topological polar surface area (TPSA) is 56.0 Å². The molecule has 0 heterocycles. The maximum absolute atomic E-state index is 9.29. The molecule has 0 aromatic rings. The lowest BCUT2D eigenvalue weighted by Gasteiger charge is -2.21. The van der Waals surface area contributed by atoms with E-state index in [1.807, 2.05) is 27.8 Å². The number of aliphatic hydroxyl groups is 1. The third-order valence-electron chi connectivity index (χ3n) is 2.68. The fourth-order valence-corrected chi connectivity index (χ4v) is 2.03. The fourth-order valence-electron chi connectivity index (χ4n) is 1.07. The van der Waals surface area contributed by atoms with Gasteiger partial charge in [0.15, 0.2) is 0 Å². The first-order chi connectivity index (χ1) is 6.95. The molecule has 0 aliphatic heterocycles. The molecule has 3 atom stereocenters. The van der Waals surface area contributed by atoms with Crippen molar-refractivity contribution in [1.29, 1.82) is 5.26 Å². The Kier molecular flexibility index (Phi) is 6.99. The van der Waals surface area contributed by atoms with E-state index in [9.17, 15) is 5.11 Å². The average Bonchev–Trinajstić information content (AvgIpc) is 2.23. The highest BCUT2D eigenvalue weighted by Gasteiger charge is 2.20. The summed E-state index contributed by atoms with van der Waals surface area (Å²) in [6.45, 7) is 5.75. The molecule has 0 saturated carbocycles. The maximum Gasteiger partial charge on any atom is 0.103 e. The maximum atomic E-state index is 9.29. The minimum absolute atomic E-state index is 0.262. The summed E-state index contributed by atoms with van der Waals surface area (Å²) in [5, 5.41) is 21.5.